The molecule has 0 fully saturated rings. The van der Waals surface area contributed by atoms with E-state index in [0.717, 1.165) is 40.4 Å². The summed E-state index contributed by atoms with van der Waals surface area (Å²) < 4.78 is 0. The highest BCUT2D eigenvalue weighted by molar-refractivity contribution is 7.21. The lowest BCUT2D eigenvalue weighted by Crippen LogP contribution is -2.25. The molecule has 0 saturated heterocycles. The van der Waals surface area contributed by atoms with Gasteiger partial charge in [0, 0.05) is 44.8 Å². The average Bonchev–Trinajstić information content (AvgIpc) is 3.10. The molecular weight excluding hydrogens is 372 g/mol. The summed E-state index contributed by atoms with van der Waals surface area (Å²) in [7, 11) is 3.65. The first-order valence-electron chi connectivity index (χ1n) is 9.26. The summed E-state index contributed by atoms with van der Waals surface area (Å²) in [6, 6.07) is 12.1. The molecular formula is C20H26N6OS. The van der Waals surface area contributed by atoms with E-state index in [2.05, 4.69) is 38.4 Å². The van der Waals surface area contributed by atoms with Crippen LogP contribution in [0.5, 0.6) is 0 Å². The zero-order valence-electron chi connectivity index (χ0n) is 16.1. The van der Waals surface area contributed by atoms with Crippen molar-refractivity contribution in [2.24, 2.45) is 5.73 Å². The van der Waals surface area contributed by atoms with Crippen molar-refractivity contribution in [3.63, 3.8) is 0 Å². The highest BCUT2D eigenvalue weighted by atomic mass is 32.1. The van der Waals surface area contributed by atoms with Crippen molar-refractivity contribution in [1.29, 1.82) is 0 Å². The van der Waals surface area contributed by atoms with Crippen LogP contribution in [0.1, 0.15) is 15.2 Å². The number of hydrogen-bond acceptors (Lipinski definition) is 7. The first kappa shape index (κ1) is 19.9. The van der Waals surface area contributed by atoms with Gasteiger partial charge in [-0.3, -0.25) is 4.79 Å². The number of nitrogens with zero attached hydrogens (tertiary/aromatic N) is 1. The van der Waals surface area contributed by atoms with E-state index in [1.54, 1.807) is 0 Å². The lowest BCUT2D eigenvalue weighted by molar-refractivity contribution is 0.0959. The minimum absolute atomic E-state index is 0.0837. The van der Waals surface area contributed by atoms with Crippen LogP contribution in [-0.2, 0) is 6.42 Å². The van der Waals surface area contributed by atoms with Gasteiger partial charge in [-0.05, 0) is 36.2 Å². The minimum atomic E-state index is -0.0837. The third-order valence-electron chi connectivity index (χ3n) is 4.39. The lowest BCUT2D eigenvalue weighted by Gasteiger charge is -2.08. The van der Waals surface area contributed by atoms with Gasteiger partial charge in [-0.2, -0.15) is 0 Å². The predicted molar refractivity (Wildman–Crippen MR) is 119 cm³/mol. The minimum Gasteiger partial charge on any atom is -0.386 e. The Bertz CT molecular complexity index is 938. The van der Waals surface area contributed by atoms with Crippen LogP contribution in [0.15, 0.2) is 36.4 Å². The second-order valence-electron chi connectivity index (χ2n) is 6.27. The van der Waals surface area contributed by atoms with Crippen molar-refractivity contribution >= 4 is 44.7 Å². The Hall–Kier alpha value is -2.84. The molecule has 0 aliphatic rings. The quantitative estimate of drug-likeness (QED) is 0.380. The molecule has 6 N–H and O–H groups in total. The highest BCUT2D eigenvalue weighted by Crippen LogP contribution is 2.35. The molecule has 1 amide bonds. The van der Waals surface area contributed by atoms with E-state index in [1.165, 1.54) is 16.9 Å². The molecule has 8 heteroatoms. The summed E-state index contributed by atoms with van der Waals surface area (Å²) in [4.78, 5) is 18.7. The summed E-state index contributed by atoms with van der Waals surface area (Å²) in [5.41, 5.74) is 8.54. The van der Waals surface area contributed by atoms with Gasteiger partial charge in [-0.15, -0.1) is 11.3 Å². The number of carbonyl (C=O) groups excluding carboxylic acids is 1. The van der Waals surface area contributed by atoms with Gasteiger partial charge in [-0.25, -0.2) is 4.98 Å². The van der Waals surface area contributed by atoms with Crippen molar-refractivity contribution in [1.82, 2.24) is 10.3 Å². The van der Waals surface area contributed by atoms with Gasteiger partial charge in [0.25, 0.3) is 5.91 Å². The van der Waals surface area contributed by atoms with Crippen molar-refractivity contribution in [3.8, 4) is 0 Å². The van der Waals surface area contributed by atoms with Crippen LogP contribution in [0.3, 0.4) is 0 Å². The van der Waals surface area contributed by atoms with Crippen molar-refractivity contribution < 1.29 is 4.79 Å². The maximum Gasteiger partial charge on any atom is 0.263 e. The molecule has 0 aliphatic carbocycles. The van der Waals surface area contributed by atoms with Gasteiger partial charge in [-0.1, -0.05) is 12.1 Å². The molecule has 1 aromatic carbocycles. The number of aromatic nitrogens is 1. The second-order valence-corrected chi connectivity index (χ2v) is 7.27. The van der Waals surface area contributed by atoms with Crippen LogP contribution in [-0.4, -0.2) is 44.6 Å². The normalized spacial score (nSPS) is 10.7. The van der Waals surface area contributed by atoms with E-state index < -0.39 is 0 Å². The van der Waals surface area contributed by atoms with Crippen LogP contribution in [0, 0.1) is 0 Å². The molecule has 0 radical (unpaired) electrons. The Morgan fingerprint density at radius 3 is 2.54 bits per heavy atom. The fourth-order valence-corrected chi connectivity index (χ4v) is 4.03. The van der Waals surface area contributed by atoms with Gasteiger partial charge in [0.1, 0.15) is 15.5 Å². The molecule has 0 saturated carbocycles. The van der Waals surface area contributed by atoms with Crippen molar-refractivity contribution in [3.05, 3.63) is 46.8 Å². The number of pyridine rings is 1. The number of rotatable bonds is 9. The number of nitrogens with one attached hydrogen (secondary N) is 4. The Morgan fingerprint density at radius 1 is 1.07 bits per heavy atom. The summed E-state index contributed by atoms with van der Waals surface area (Å²) in [5.74, 6) is 0.701. The van der Waals surface area contributed by atoms with Gasteiger partial charge in [0.15, 0.2) is 0 Å². The zero-order valence-corrected chi connectivity index (χ0v) is 17.0. The number of anilines is 3. The molecule has 2 heterocycles. The molecule has 2 aromatic heterocycles. The molecule has 0 bridgehead atoms. The first-order chi connectivity index (χ1) is 13.7. The Morgan fingerprint density at radius 2 is 1.86 bits per heavy atom. The second kappa shape index (κ2) is 9.38. The standard InChI is InChI=1S/C20H26N6OS/c1-22-16-8-7-15-17(23-2)18(28-20(15)26-16)19(27)25-11-9-13-3-5-14(6-4-13)24-12-10-21/h3-8,23-24H,9-12,21H2,1-2H3,(H,22,26)(H,25,27). The van der Waals surface area contributed by atoms with Crippen LogP contribution in [0.25, 0.3) is 10.2 Å². The van der Waals surface area contributed by atoms with E-state index in [0.29, 0.717) is 18.0 Å². The number of thiophene rings is 1. The number of carbonyl (C=O) groups is 1. The van der Waals surface area contributed by atoms with Crippen LogP contribution < -0.4 is 27.0 Å². The van der Waals surface area contributed by atoms with E-state index >= 15 is 0 Å². The van der Waals surface area contributed by atoms with Crippen LogP contribution in [0.4, 0.5) is 17.2 Å². The fraction of sp³-hybridized carbons (Fsp3) is 0.300. The smallest absolute Gasteiger partial charge is 0.263 e. The predicted octanol–water partition coefficient (Wildman–Crippen LogP) is 2.72. The maximum atomic E-state index is 12.7. The average molecular weight is 399 g/mol. The largest absolute Gasteiger partial charge is 0.386 e. The Kier molecular flexibility index (Phi) is 6.67. The molecule has 7 nitrogen and oxygen atoms in total. The molecule has 3 rings (SSSR count). The van der Waals surface area contributed by atoms with Crippen LogP contribution >= 0.6 is 11.3 Å². The van der Waals surface area contributed by atoms with Gasteiger partial charge < -0.3 is 27.0 Å². The van der Waals surface area contributed by atoms with E-state index in [9.17, 15) is 4.79 Å². The maximum absolute atomic E-state index is 12.7. The summed E-state index contributed by atoms with van der Waals surface area (Å²) in [6.45, 7) is 1.93. The number of fused-ring (bicyclic) bond motifs is 1. The van der Waals surface area contributed by atoms with E-state index in [1.807, 2.05) is 38.4 Å². The van der Waals surface area contributed by atoms with Crippen molar-refractivity contribution in [2.45, 2.75) is 6.42 Å². The number of nitrogens with two attached hydrogens (primary N) is 1. The zero-order chi connectivity index (χ0) is 19.9. The first-order valence-corrected chi connectivity index (χ1v) is 10.1. The molecule has 28 heavy (non-hydrogen) atoms. The van der Waals surface area contributed by atoms with Crippen LogP contribution in [0.2, 0.25) is 0 Å². The van der Waals surface area contributed by atoms with Gasteiger partial charge in [0.2, 0.25) is 0 Å². The third-order valence-corrected chi connectivity index (χ3v) is 5.49. The van der Waals surface area contributed by atoms with Gasteiger partial charge in [0.05, 0.1) is 5.69 Å². The molecule has 0 spiro atoms. The fourth-order valence-electron chi connectivity index (χ4n) is 2.93. The van der Waals surface area contributed by atoms with E-state index in [-0.39, 0.29) is 5.91 Å². The number of benzene rings is 1. The monoisotopic (exact) mass is 398 g/mol. The SMILES string of the molecule is CNc1ccc2c(NC)c(C(=O)NCCc3ccc(NCCN)cc3)sc2n1. The summed E-state index contributed by atoms with van der Waals surface area (Å²) in [5, 5.41) is 13.4. The molecule has 0 aliphatic heterocycles. The summed E-state index contributed by atoms with van der Waals surface area (Å²) >= 11 is 1.40. The molecule has 148 valence electrons. The Balaban J connectivity index is 1.63. The highest BCUT2D eigenvalue weighted by Gasteiger charge is 2.18. The van der Waals surface area contributed by atoms with Gasteiger partial charge >= 0.3 is 0 Å². The van der Waals surface area contributed by atoms with E-state index in [4.69, 9.17) is 5.73 Å². The molecule has 3 aromatic rings. The Labute approximate surface area is 168 Å². The number of amides is 1. The third kappa shape index (κ3) is 4.52. The van der Waals surface area contributed by atoms with Crippen molar-refractivity contribution in [2.75, 3.05) is 49.7 Å². The molecule has 0 unspecified atom stereocenters. The lowest BCUT2D eigenvalue weighted by atomic mass is 10.1. The summed E-state index contributed by atoms with van der Waals surface area (Å²) in [6.07, 6.45) is 0.769. The topological polar surface area (TPSA) is 104 Å². The number of hydrogen-bond donors (Lipinski definition) is 5. The molecule has 0 atom stereocenters.